The first-order valence-corrected chi connectivity index (χ1v) is 9.40. The fourth-order valence-corrected chi connectivity index (χ4v) is 3.58. The number of thiazole rings is 1. The monoisotopic (exact) mass is 357 g/mol. The van der Waals surface area contributed by atoms with Gasteiger partial charge in [-0.1, -0.05) is 72.3 Å². The van der Waals surface area contributed by atoms with Crippen LogP contribution in [0.3, 0.4) is 0 Å². The predicted molar refractivity (Wildman–Crippen MR) is 112 cm³/mol. The van der Waals surface area contributed by atoms with Crippen molar-refractivity contribution >= 4 is 33.0 Å². The van der Waals surface area contributed by atoms with Crippen LogP contribution in [0.25, 0.3) is 22.0 Å². The summed E-state index contributed by atoms with van der Waals surface area (Å²) in [5.74, 6) is 0. The highest BCUT2D eigenvalue weighted by Gasteiger charge is 2.06. The lowest BCUT2D eigenvalue weighted by molar-refractivity contribution is 1.27. The van der Waals surface area contributed by atoms with Gasteiger partial charge in [-0.15, -0.1) is 11.3 Å². The molecule has 0 spiro atoms. The molecule has 0 aliphatic carbocycles. The molecule has 0 saturated carbocycles. The van der Waals surface area contributed by atoms with Crippen molar-refractivity contribution < 1.29 is 0 Å². The second kappa shape index (κ2) is 7.10. The molecule has 1 N–H and O–H groups in total. The molecule has 0 atom stereocenters. The second-order valence-electron chi connectivity index (χ2n) is 6.24. The summed E-state index contributed by atoms with van der Waals surface area (Å²) in [5, 5.41) is 9.82. The fourth-order valence-electron chi connectivity index (χ4n) is 2.91. The molecule has 1 aromatic heterocycles. The zero-order valence-electron chi connectivity index (χ0n) is 14.7. The maximum Gasteiger partial charge on any atom is 0.203 e. The first kappa shape index (κ1) is 16.5. The lowest BCUT2D eigenvalue weighted by Crippen LogP contribution is -2.00. The standard InChI is InChI=1S/C22H19N3S/c1-15-10-12-18(13-11-15)21-14-26-22(23-21)25-24-16(2)19-9-5-7-17-6-3-4-8-20(17)19/h3-14H,1-2H3,(H,23,25)/b24-16+. The number of hydrazone groups is 1. The quantitative estimate of drug-likeness (QED) is 0.353. The Hall–Kier alpha value is -2.98. The number of fused-ring (bicyclic) bond motifs is 1. The Morgan fingerprint density at radius 2 is 1.73 bits per heavy atom. The largest absolute Gasteiger partial charge is 0.252 e. The molecule has 0 aliphatic heterocycles. The van der Waals surface area contributed by atoms with Gasteiger partial charge >= 0.3 is 0 Å². The number of aromatic nitrogens is 1. The Balaban J connectivity index is 1.57. The van der Waals surface area contributed by atoms with Crippen molar-refractivity contribution in [3.8, 4) is 11.3 Å². The number of nitrogens with one attached hydrogen (secondary N) is 1. The number of aryl methyl sites for hydroxylation is 1. The van der Waals surface area contributed by atoms with Crippen molar-refractivity contribution in [2.24, 2.45) is 5.10 Å². The summed E-state index contributed by atoms with van der Waals surface area (Å²) in [7, 11) is 0. The minimum absolute atomic E-state index is 0.792. The van der Waals surface area contributed by atoms with Gasteiger partial charge in [0.1, 0.15) is 0 Å². The van der Waals surface area contributed by atoms with Crippen molar-refractivity contribution in [1.29, 1.82) is 0 Å². The maximum absolute atomic E-state index is 4.64. The van der Waals surface area contributed by atoms with Crippen LogP contribution in [0.4, 0.5) is 5.13 Å². The molecule has 0 saturated heterocycles. The van der Waals surface area contributed by atoms with Gasteiger partial charge in [0.2, 0.25) is 5.13 Å². The molecular formula is C22H19N3S. The lowest BCUT2D eigenvalue weighted by Gasteiger charge is -2.06. The van der Waals surface area contributed by atoms with Crippen LogP contribution in [0, 0.1) is 6.92 Å². The summed E-state index contributed by atoms with van der Waals surface area (Å²) in [4.78, 5) is 4.64. The van der Waals surface area contributed by atoms with E-state index in [4.69, 9.17) is 0 Å². The van der Waals surface area contributed by atoms with Crippen molar-refractivity contribution in [3.63, 3.8) is 0 Å². The predicted octanol–water partition coefficient (Wildman–Crippen LogP) is 6.11. The normalized spacial score (nSPS) is 11.7. The van der Waals surface area contributed by atoms with E-state index in [0.29, 0.717) is 0 Å². The van der Waals surface area contributed by atoms with Gasteiger partial charge in [-0.3, -0.25) is 5.43 Å². The van der Waals surface area contributed by atoms with Gasteiger partial charge in [0, 0.05) is 16.5 Å². The van der Waals surface area contributed by atoms with Crippen LogP contribution < -0.4 is 5.43 Å². The number of anilines is 1. The van der Waals surface area contributed by atoms with Crippen molar-refractivity contribution in [2.45, 2.75) is 13.8 Å². The van der Waals surface area contributed by atoms with Crippen LogP contribution in [-0.2, 0) is 0 Å². The second-order valence-corrected chi connectivity index (χ2v) is 7.10. The highest BCUT2D eigenvalue weighted by atomic mass is 32.1. The van der Waals surface area contributed by atoms with Gasteiger partial charge in [0.25, 0.3) is 0 Å². The third-order valence-electron chi connectivity index (χ3n) is 4.35. The van der Waals surface area contributed by atoms with Crippen LogP contribution in [-0.4, -0.2) is 10.7 Å². The highest BCUT2D eigenvalue weighted by Crippen LogP contribution is 2.25. The summed E-state index contributed by atoms with van der Waals surface area (Å²) in [6.07, 6.45) is 0. The number of hydrogen-bond donors (Lipinski definition) is 1. The van der Waals surface area contributed by atoms with Gasteiger partial charge < -0.3 is 0 Å². The Morgan fingerprint density at radius 3 is 2.58 bits per heavy atom. The zero-order chi connectivity index (χ0) is 17.9. The van der Waals surface area contributed by atoms with E-state index in [1.165, 1.54) is 16.3 Å². The molecular weight excluding hydrogens is 338 g/mol. The van der Waals surface area contributed by atoms with Crippen LogP contribution in [0.2, 0.25) is 0 Å². The zero-order valence-corrected chi connectivity index (χ0v) is 15.5. The van der Waals surface area contributed by atoms with E-state index in [1.54, 1.807) is 11.3 Å². The smallest absolute Gasteiger partial charge is 0.203 e. The van der Waals surface area contributed by atoms with Gasteiger partial charge in [-0.2, -0.15) is 5.10 Å². The molecule has 0 fully saturated rings. The SMILES string of the molecule is C/C(=N\Nc1nc(-c2ccc(C)cc2)cs1)c1cccc2ccccc12. The molecule has 4 rings (SSSR count). The fraction of sp³-hybridized carbons (Fsp3) is 0.0909. The van der Waals surface area contributed by atoms with Crippen LogP contribution in [0.5, 0.6) is 0 Å². The van der Waals surface area contributed by atoms with Crippen LogP contribution >= 0.6 is 11.3 Å². The molecule has 0 bridgehead atoms. The van der Waals surface area contributed by atoms with Gasteiger partial charge in [0.15, 0.2) is 0 Å². The van der Waals surface area contributed by atoms with E-state index in [1.807, 2.05) is 6.92 Å². The summed E-state index contributed by atoms with van der Waals surface area (Å²) in [6, 6.07) is 23.0. The summed E-state index contributed by atoms with van der Waals surface area (Å²) in [6.45, 7) is 4.10. The number of rotatable bonds is 4. The average Bonchev–Trinajstić information content (AvgIpc) is 3.15. The van der Waals surface area contributed by atoms with Crippen molar-refractivity contribution in [2.75, 3.05) is 5.43 Å². The molecule has 0 aliphatic rings. The molecule has 26 heavy (non-hydrogen) atoms. The highest BCUT2D eigenvalue weighted by molar-refractivity contribution is 7.14. The third-order valence-corrected chi connectivity index (χ3v) is 5.10. The summed E-state index contributed by atoms with van der Waals surface area (Å²) < 4.78 is 0. The molecule has 4 heteroatoms. The first-order valence-electron chi connectivity index (χ1n) is 8.52. The van der Waals surface area contributed by atoms with Crippen molar-refractivity contribution in [3.05, 3.63) is 83.2 Å². The van der Waals surface area contributed by atoms with Gasteiger partial charge in [-0.25, -0.2) is 4.98 Å². The van der Waals surface area contributed by atoms with E-state index in [2.05, 4.69) is 94.5 Å². The molecule has 0 radical (unpaired) electrons. The number of benzene rings is 3. The molecule has 0 unspecified atom stereocenters. The molecule has 3 aromatic carbocycles. The number of nitrogens with zero attached hydrogens (tertiary/aromatic N) is 2. The van der Waals surface area contributed by atoms with E-state index in [-0.39, 0.29) is 0 Å². The topological polar surface area (TPSA) is 37.3 Å². The molecule has 0 amide bonds. The minimum atomic E-state index is 0.792. The minimum Gasteiger partial charge on any atom is -0.252 e. The van der Waals surface area contributed by atoms with Gasteiger partial charge in [0.05, 0.1) is 11.4 Å². The summed E-state index contributed by atoms with van der Waals surface area (Å²) in [5.41, 5.74) is 8.51. The van der Waals surface area contributed by atoms with Crippen molar-refractivity contribution in [1.82, 2.24) is 4.98 Å². The lowest BCUT2D eigenvalue weighted by atomic mass is 10.0. The van der Waals surface area contributed by atoms with E-state index < -0.39 is 0 Å². The van der Waals surface area contributed by atoms with Crippen LogP contribution in [0.1, 0.15) is 18.1 Å². The van der Waals surface area contributed by atoms with E-state index in [9.17, 15) is 0 Å². The van der Waals surface area contributed by atoms with E-state index in [0.717, 1.165) is 27.7 Å². The first-order chi connectivity index (χ1) is 12.7. The maximum atomic E-state index is 4.64. The molecule has 3 nitrogen and oxygen atoms in total. The third kappa shape index (κ3) is 3.37. The Kier molecular flexibility index (Phi) is 4.50. The number of hydrogen-bond acceptors (Lipinski definition) is 4. The molecule has 4 aromatic rings. The molecule has 1 heterocycles. The Labute approximate surface area is 157 Å². The Bertz CT molecular complexity index is 1070. The van der Waals surface area contributed by atoms with E-state index >= 15 is 0 Å². The summed E-state index contributed by atoms with van der Waals surface area (Å²) >= 11 is 1.56. The average molecular weight is 357 g/mol. The Morgan fingerprint density at radius 1 is 0.962 bits per heavy atom. The van der Waals surface area contributed by atoms with Gasteiger partial charge in [-0.05, 0) is 24.6 Å². The van der Waals surface area contributed by atoms with Crippen LogP contribution in [0.15, 0.2) is 77.2 Å². The molecule has 128 valence electrons.